The van der Waals surface area contributed by atoms with Crippen LogP contribution in [-0.2, 0) is 13.1 Å². The molecule has 0 radical (unpaired) electrons. The quantitative estimate of drug-likeness (QED) is 0.0367. The van der Waals surface area contributed by atoms with Gasteiger partial charge in [0.2, 0.25) is 0 Å². The minimum absolute atomic E-state index is 0.0515. The van der Waals surface area contributed by atoms with E-state index >= 15 is 0 Å². The molecule has 124 heavy (non-hydrogen) atoms. The van der Waals surface area contributed by atoms with E-state index in [-0.39, 0.29) is 41.7 Å². The van der Waals surface area contributed by atoms with Gasteiger partial charge in [0, 0.05) is 81.3 Å². The number of carbonyl (C=O) groups excluding carboxylic acids is 1. The summed E-state index contributed by atoms with van der Waals surface area (Å²) in [6.07, 6.45) is 22.1. The number of aliphatic hydroxyl groups excluding tert-OH is 1. The number of piperazine rings is 1. The number of nitrogens with one attached hydrogen (secondary N) is 4. The van der Waals surface area contributed by atoms with Crippen LogP contribution in [0.5, 0.6) is 17.2 Å². The number of aliphatic hydroxyl groups is 1. The van der Waals surface area contributed by atoms with Crippen LogP contribution in [0.4, 0.5) is 27.5 Å². The average molecular weight is 1660 g/mol. The van der Waals surface area contributed by atoms with Crippen molar-refractivity contribution >= 4 is 73.2 Å². The van der Waals surface area contributed by atoms with E-state index in [1.54, 1.807) is 112 Å². The molecule has 2 fully saturated rings. The number of fused-ring (bicyclic) bond motifs is 4. The Kier molecular flexibility index (Phi) is 25.9. The number of carbonyl (C=O) groups is 1. The number of phenolic OH excluding ortho intramolecular Hbond substituents is 1. The second-order valence-corrected chi connectivity index (χ2v) is 30.5. The lowest BCUT2D eigenvalue weighted by atomic mass is 10.1. The zero-order valence-corrected chi connectivity index (χ0v) is 69.4. The van der Waals surface area contributed by atoms with Gasteiger partial charge < -0.3 is 45.9 Å². The van der Waals surface area contributed by atoms with Crippen molar-refractivity contribution in [3.8, 4) is 51.8 Å². The fourth-order valence-corrected chi connectivity index (χ4v) is 14.8. The number of hydrogen-bond donors (Lipinski definition) is 6. The summed E-state index contributed by atoms with van der Waals surface area (Å²) < 4.78 is 31.3. The number of ether oxygens (including phenoxy) is 2. The summed E-state index contributed by atoms with van der Waals surface area (Å²) in [6.45, 7) is 14.1. The zero-order chi connectivity index (χ0) is 85.4. The molecule has 0 unspecified atom stereocenters. The lowest BCUT2D eigenvalue weighted by Gasteiger charge is -2.32. The Labute approximate surface area is 715 Å². The Morgan fingerprint density at radius 1 is 0.452 bits per heavy atom. The summed E-state index contributed by atoms with van der Waals surface area (Å²) >= 11 is 0. The molecular weight excluding hydrogens is 1560 g/mol. The number of methoxy groups -OCH3 is 2. The first-order valence-electron chi connectivity index (χ1n) is 41.0. The molecule has 0 spiro atoms. The highest BCUT2D eigenvalue weighted by molar-refractivity contribution is 6.05. The topological polar surface area (TPSA) is 308 Å². The van der Waals surface area contributed by atoms with E-state index in [2.05, 4.69) is 132 Å². The SMILES string of the molecule is COc1cc(-c2cncc(-n3cnc4ccccc43)n2)ccc1O.COc1cccc([C@H](C)Nc2cncc(-n3cnc4ccccc43)n2)c1.C[C@H](Nc1cncc(-n2cnc3cc(NC(=O)c4ccc(CN5CCN(C)CC5)cc4)ccc32)n1)c1ccccc1.C[C@H](Nc1cncc(-n2cnc3ccc(CN4CCC(O)CC4)cc32)n1)c1ccc(F)cc1. The maximum Gasteiger partial charge on any atom is 0.255 e. The van der Waals surface area contributed by atoms with Crippen LogP contribution in [0.2, 0.25) is 0 Å². The van der Waals surface area contributed by atoms with Crippen LogP contribution in [0.25, 0.3) is 78.7 Å². The zero-order valence-electron chi connectivity index (χ0n) is 69.4. The number of benzene rings is 9. The van der Waals surface area contributed by atoms with Gasteiger partial charge in [-0.2, -0.15) is 0 Å². The van der Waals surface area contributed by atoms with Gasteiger partial charge in [-0.1, -0.05) is 97.1 Å². The van der Waals surface area contributed by atoms with E-state index in [1.165, 1.54) is 35.9 Å². The molecule has 19 rings (SSSR count). The molecule has 626 valence electrons. The summed E-state index contributed by atoms with van der Waals surface area (Å²) in [7, 11) is 5.34. The Morgan fingerprint density at radius 2 is 0.944 bits per heavy atom. The normalized spacial score (nSPS) is 13.9. The summed E-state index contributed by atoms with van der Waals surface area (Å²) in [5, 5.41) is 32.6. The van der Waals surface area contributed by atoms with Crippen LogP contribution in [-0.4, -0.2) is 176 Å². The number of likely N-dealkylation sites (tertiary alicyclic amines) is 1. The fourth-order valence-electron chi connectivity index (χ4n) is 14.8. The monoisotopic (exact) mass is 1660 g/mol. The molecule has 29 heteroatoms. The van der Waals surface area contributed by atoms with Gasteiger partial charge in [0.1, 0.15) is 54.3 Å². The number of hydrogen-bond acceptors (Lipinski definition) is 23. The largest absolute Gasteiger partial charge is 0.504 e. The molecule has 1 amide bonds. The summed E-state index contributed by atoms with van der Waals surface area (Å²) in [5.41, 5.74) is 15.8. The van der Waals surface area contributed by atoms with Crippen LogP contribution < -0.4 is 30.7 Å². The molecule has 9 aromatic carbocycles. The van der Waals surface area contributed by atoms with Gasteiger partial charge in [-0.05, 0) is 178 Å². The first-order valence-corrected chi connectivity index (χ1v) is 41.0. The van der Waals surface area contributed by atoms with Crippen molar-refractivity contribution in [2.75, 3.05) is 81.8 Å². The van der Waals surface area contributed by atoms with Gasteiger partial charge in [0.05, 0.1) is 126 Å². The number of imidazole rings is 4. The fraction of sp³-hybridized carbons (Fsp3) is 0.211. The van der Waals surface area contributed by atoms with E-state index in [9.17, 15) is 19.4 Å². The first-order chi connectivity index (χ1) is 60.6. The van der Waals surface area contributed by atoms with Crippen molar-refractivity contribution < 1.29 is 28.9 Å². The molecule has 2 aliphatic heterocycles. The molecular formula is C95H94FN23O5. The van der Waals surface area contributed by atoms with Crippen molar-refractivity contribution in [2.45, 2.75) is 70.9 Å². The number of aromatic nitrogens is 16. The maximum atomic E-state index is 13.2. The van der Waals surface area contributed by atoms with Crippen LogP contribution in [0, 0.1) is 5.82 Å². The predicted octanol–water partition coefficient (Wildman–Crippen LogP) is 16.3. The molecule has 3 atom stereocenters. The van der Waals surface area contributed by atoms with Crippen molar-refractivity contribution in [1.29, 1.82) is 0 Å². The smallest absolute Gasteiger partial charge is 0.255 e. The standard InChI is InChI=1S/C32H34N8O.C25H27FN6O.C20H19N5O.C18H14N4O2/c1-23(25-6-4-3-5-7-25)35-30-19-33-20-31(37-30)40-22-34-28-18-27(12-13-29(28)40)36-32(41)26-10-8-24(9-11-26)21-39-16-14-38(2)15-17-39;1-17(19-3-5-20(26)6-4-19)29-24-13-27-14-25(30-24)32-16-28-22-7-2-18(12-23(22)32)15-31-10-8-21(33)9-11-31;1-14(15-6-5-7-16(10-15)26-2)23-19-11-21-12-20(24-19)25-13-22-17-8-3-4-9-18(17)25;1-24-17-8-12(6-7-16(17)23)14-9-19-10-18(21-14)22-11-20-13-4-2-3-5-15(13)22/h3-13,18-20,22-23H,14-17,21H2,1-2H3,(H,35,37)(H,36,41);2-7,12-14,16-17,21,33H,8-11,15H2,1H3,(H,29,30);3-14H,1-2H3,(H,23,24);2-11,23H,1H3/t23-;17-;14-;/m000./s1. The summed E-state index contributed by atoms with van der Waals surface area (Å²) in [6, 6.07) is 65.5. The third-order valence-corrected chi connectivity index (χ3v) is 21.8. The van der Waals surface area contributed by atoms with Crippen LogP contribution in [0.15, 0.2) is 281 Å². The average Bonchev–Trinajstić information content (AvgIpc) is 1.65. The van der Waals surface area contributed by atoms with Crippen molar-refractivity contribution in [1.82, 2.24) is 92.8 Å². The maximum absolute atomic E-state index is 13.2. The molecule has 0 bridgehead atoms. The third-order valence-electron chi connectivity index (χ3n) is 21.8. The van der Waals surface area contributed by atoms with Gasteiger partial charge in [-0.3, -0.25) is 52.8 Å². The number of likely N-dealkylation sites (N-methyl/N-ethyl adjacent to an activating group) is 1. The number of halogens is 1. The highest BCUT2D eigenvalue weighted by Crippen LogP contribution is 2.33. The molecule has 10 heterocycles. The summed E-state index contributed by atoms with van der Waals surface area (Å²) in [5.74, 6) is 5.67. The highest BCUT2D eigenvalue weighted by Gasteiger charge is 2.22. The second kappa shape index (κ2) is 38.7. The minimum atomic E-state index is -0.253. The molecule has 8 aromatic heterocycles. The Morgan fingerprint density at radius 3 is 1.53 bits per heavy atom. The van der Waals surface area contributed by atoms with Gasteiger partial charge >= 0.3 is 0 Å². The van der Waals surface area contributed by atoms with Crippen LogP contribution in [0.3, 0.4) is 0 Å². The third kappa shape index (κ3) is 20.3. The Hall–Kier alpha value is -14.8. The number of amides is 1. The molecule has 2 aliphatic rings. The number of phenols is 1. The molecule has 0 saturated carbocycles. The predicted molar refractivity (Wildman–Crippen MR) is 480 cm³/mol. The number of para-hydroxylation sites is 4. The highest BCUT2D eigenvalue weighted by atomic mass is 19.1. The number of nitrogens with zero attached hydrogens (tertiary/aromatic N) is 19. The molecule has 17 aromatic rings. The van der Waals surface area contributed by atoms with Gasteiger partial charge in [-0.15, -0.1) is 0 Å². The first kappa shape index (κ1) is 82.9. The van der Waals surface area contributed by atoms with Crippen molar-refractivity contribution in [3.63, 3.8) is 0 Å². The lowest BCUT2D eigenvalue weighted by Crippen LogP contribution is -2.43. The van der Waals surface area contributed by atoms with Gasteiger partial charge in [0.15, 0.2) is 34.8 Å². The number of piperidine rings is 1. The molecule has 6 N–H and O–H groups in total. The van der Waals surface area contributed by atoms with E-state index in [0.29, 0.717) is 57.6 Å². The lowest BCUT2D eigenvalue weighted by molar-refractivity contribution is 0.0792. The van der Waals surface area contributed by atoms with Crippen LogP contribution in [0.1, 0.15) is 89.9 Å². The number of aromatic hydroxyl groups is 1. The molecule has 0 aliphatic carbocycles. The number of anilines is 4. The number of rotatable bonds is 22. The summed E-state index contributed by atoms with van der Waals surface area (Å²) in [4.78, 5) is 74.3. The van der Waals surface area contributed by atoms with E-state index in [1.807, 2.05) is 159 Å². The Balaban J connectivity index is 0.000000125. The molecule has 28 nitrogen and oxygen atoms in total. The van der Waals surface area contributed by atoms with Crippen molar-refractivity contribution in [2.24, 2.45) is 0 Å². The second-order valence-electron chi connectivity index (χ2n) is 30.5. The van der Waals surface area contributed by atoms with E-state index in [4.69, 9.17) is 24.4 Å². The van der Waals surface area contributed by atoms with Gasteiger partial charge in [0.25, 0.3) is 5.91 Å². The van der Waals surface area contributed by atoms with E-state index in [0.717, 1.165) is 138 Å². The van der Waals surface area contributed by atoms with Crippen LogP contribution >= 0.6 is 0 Å². The van der Waals surface area contributed by atoms with E-state index < -0.39 is 0 Å². The van der Waals surface area contributed by atoms with Gasteiger partial charge in [-0.25, -0.2) is 44.3 Å². The molecule has 2 saturated heterocycles. The minimum Gasteiger partial charge on any atom is -0.504 e. The Bertz CT molecular complexity index is 6470. The van der Waals surface area contributed by atoms with Crippen molar-refractivity contribution in [3.05, 3.63) is 320 Å².